The Labute approximate surface area is 155 Å². The van der Waals surface area contributed by atoms with Crippen LogP contribution in [0, 0.1) is 0 Å². The summed E-state index contributed by atoms with van der Waals surface area (Å²) in [5.41, 5.74) is 0.979. The van der Waals surface area contributed by atoms with E-state index in [9.17, 15) is 8.42 Å². The lowest BCUT2D eigenvalue weighted by Crippen LogP contribution is -2.40. The van der Waals surface area contributed by atoms with E-state index in [2.05, 4.69) is 10.3 Å². The second-order valence-electron chi connectivity index (χ2n) is 5.90. The summed E-state index contributed by atoms with van der Waals surface area (Å²) in [6.07, 6.45) is 1.20. The average molecular weight is 375 g/mol. The van der Waals surface area contributed by atoms with Gasteiger partial charge >= 0.3 is 0 Å². The molecule has 0 spiro atoms. The van der Waals surface area contributed by atoms with E-state index >= 15 is 0 Å². The number of nitrogens with one attached hydrogen (secondary N) is 1. The molecule has 140 valence electrons. The number of benzene rings is 2. The number of likely N-dealkylation sites (N-methyl/N-ethyl adjacent to an activating group) is 1. The van der Waals surface area contributed by atoms with E-state index in [-0.39, 0.29) is 0 Å². The third kappa shape index (κ3) is 6.07. The van der Waals surface area contributed by atoms with Crippen LogP contribution in [0.25, 0.3) is 0 Å². The van der Waals surface area contributed by atoms with Gasteiger partial charge in [0.25, 0.3) is 0 Å². The second-order valence-corrected chi connectivity index (χ2v) is 7.92. The molecule has 0 aliphatic carbocycles. The molecule has 0 bridgehead atoms. The van der Waals surface area contributed by atoms with Gasteiger partial charge in [-0.05, 0) is 29.8 Å². The Hall–Kier alpha value is -2.54. The molecule has 0 saturated heterocycles. The number of ether oxygens (including phenoxy) is 1. The van der Waals surface area contributed by atoms with Crippen LogP contribution >= 0.6 is 0 Å². The van der Waals surface area contributed by atoms with Gasteiger partial charge in [-0.2, -0.15) is 0 Å². The maximum Gasteiger partial charge on any atom is 0.193 e. The minimum absolute atomic E-state index is 0.320. The molecular weight excluding hydrogens is 350 g/mol. The van der Waals surface area contributed by atoms with E-state index in [4.69, 9.17) is 4.74 Å². The van der Waals surface area contributed by atoms with Gasteiger partial charge in [-0.25, -0.2) is 8.42 Å². The van der Waals surface area contributed by atoms with E-state index in [1.54, 1.807) is 31.3 Å². The molecule has 1 N–H and O–H groups in total. The third-order valence-corrected chi connectivity index (χ3v) is 4.94. The molecule has 2 aromatic rings. The van der Waals surface area contributed by atoms with Crippen molar-refractivity contribution >= 4 is 15.8 Å². The number of hydrogen-bond acceptors (Lipinski definition) is 4. The molecule has 0 unspecified atom stereocenters. The van der Waals surface area contributed by atoms with Crippen LogP contribution in [-0.4, -0.2) is 52.8 Å². The minimum atomic E-state index is -3.17. The number of aliphatic imine (C=N–C) groups is 1. The van der Waals surface area contributed by atoms with Crippen molar-refractivity contribution in [3.05, 3.63) is 60.2 Å². The highest BCUT2D eigenvalue weighted by atomic mass is 32.2. The van der Waals surface area contributed by atoms with Crippen molar-refractivity contribution < 1.29 is 13.2 Å². The Bertz CT molecular complexity index is 819. The predicted molar refractivity (Wildman–Crippen MR) is 104 cm³/mol. The number of rotatable bonds is 7. The van der Waals surface area contributed by atoms with Gasteiger partial charge in [0.1, 0.15) is 12.4 Å². The molecule has 0 amide bonds. The third-order valence-electron chi connectivity index (χ3n) is 3.81. The Morgan fingerprint density at radius 3 is 2.35 bits per heavy atom. The van der Waals surface area contributed by atoms with Gasteiger partial charge in [0.05, 0.1) is 11.4 Å². The Morgan fingerprint density at radius 1 is 1.12 bits per heavy atom. The smallest absolute Gasteiger partial charge is 0.193 e. The summed E-state index contributed by atoms with van der Waals surface area (Å²) in [7, 11) is 0.498. The zero-order valence-corrected chi connectivity index (χ0v) is 16.2. The summed E-state index contributed by atoms with van der Waals surface area (Å²) < 4.78 is 28.7. The van der Waals surface area contributed by atoms with Crippen molar-refractivity contribution in [1.29, 1.82) is 0 Å². The standard InChI is InChI=1S/C19H25N3O3S/c1-20-19(22(2)13-14-25-17-7-5-4-6-8-17)21-15-16-9-11-18(12-10-16)26(3,23)24/h4-12H,13-15H2,1-3H3,(H,20,21). The van der Waals surface area contributed by atoms with Crippen molar-refractivity contribution in [2.75, 3.05) is 33.5 Å². The molecule has 6 nitrogen and oxygen atoms in total. The minimum Gasteiger partial charge on any atom is -0.492 e. The van der Waals surface area contributed by atoms with Crippen molar-refractivity contribution in [2.24, 2.45) is 4.99 Å². The van der Waals surface area contributed by atoms with E-state index in [0.29, 0.717) is 24.6 Å². The number of sulfone groups is 1. The van der Waals surface area contributed by atoms with Gasteiger partial charge in [-0.15, -0.1) is 0 Å². The van der Waals surface area contributed by atoms with Crippen molar-refractivity contribution in [1.82, 2.24) is 10.2 Å². The van der Waals surface area contributed by atoms with Gasteiger partial charge in [-0.1, -0.05) is 30.3 Å². The maximum atomic E-state index is 11.5. The van der Waals surface area contributed by atoms with Gasteiger partial charge in [0.2, 0.25) is 0 Å². The number of guanidine groups is 1. The van der Waals surface area contributed by atoms with Crippen LogP contribution in [0.15, 0.2) is 64.5 Å². The maximum absolute atomic E-state index is 11.5. The lowest BCUT2D eigenvalue weighted by atomic mass is 10.2. The summed E-state index contributed by atoms with van der Waals surface area (Å²) in [5, 5.41) is 3.26. The van der Waals surface area contributed by atoms with E-state index < -0.39 is 9.84 Å². The highest BCUT2D eigenvalue weighted by molar-refractivity contribution is 7.90. The van der Waals surface area contributed by atoms with Crippen LogP contribution < -0.4 is 10.1 Å². The molecular formula is C19H25N3O3S. The molecule has 0 atom stereocenters. The van der Waals surface area contributed by atoms with E-state index in [1.807, 2.05) is 42.3 Å². The normalized spacial score (nSPS) is 11.9. The summed E-state index contributed by atoms with van der Waals surface area (Å²) in [5.74, 6) is 1.59. The SMILES string of the molecule is CN=C(NCc1ccc(S(C)(=O)=O)cc1)N(C)CCOc1ccccc1. The van der Waals surface area contributed by atoms with Crippen LogP contribution in [0.4, 0.5) is 0 Å². The predicted octanol–water partition coefficient (Wildman–Crippen LogP) is 2.18. The van der Waals surface area contributed by atoms with E-state index in [1.165, 1.54) is 6.26 Å². The molecule has 0 fully saturated rings. The molecule has 7 heteroatoms. The molecule has 2 aromatic carbocycles. The molecule has 0 heterocycles. The zero-order valence-electron chi connectivity index (χ0n) is 15.3. The molecule has 0 aromatic heterocycles. The first-order valence-electron chi connectivity index (χ1n) is 8.29. The fourth-order valence-corrected chi connectivity index (χ4v) is 2.97. The highest BCUT2D eigenvalue weighted by Crippen LogP contribution is 2.10. The summed E-state index contributed by atoms with van der Waals surface area (Å²) in [6, 6.07) is 16.5. The van der Waals surface area contributed by atoms with Crippen LogP contribution in [-0.2, 0) is 16.4 Å². The van der Waals surface area contributed by atoms with Gasteiger partial charge in [0.15, 0.2) is 15.8 Å². The Morgan fingerprint density at radius 2 is 1.77 bits per heavy atom. The van der Waals surface area contributed by atoms with Crippen LogP contribution in [0.5, 0.6) is 5.75 Å². The first kappa shape index (κ1) is 19.8. The Balaban J connectivity index is 1.82. The van der Waals surface area contributed by atoms with Crippen LogP contribution in [0.2, 0.25) is 0 Å². The molecule has 0 aliphatic rings. The number of nitrogens with zero attached hydrogens (tertiary/aromatic N) is 2. The molecule has 26 heavy (non-hydrogen) atoms. The quantitative estimate of drug-likeness (QED) is 0.593. The molecule has 0 saturated carbocycles. The first-order valence-corrected chi connectivity index (χ1v) is 10.2. The highest BCUT2D eigenvalue weighted by Gasteiger charge is 2.08. The van der Waals surface area contributed by atoms with Gasteiger partial charge < -0.3 is 15.0 Å². The second kappa shape index (κ2) is 9.24. The van der Waals surface area contributed by atoms with Gasteiger partial charge in [-0.3, -0.25) is 4.99 Å². The van der Waals surface area contributed by atoms with E-state index in [0.717, 1.165) is 17.3 Å². The lowest BCUT2D eigenvalue weighted by Gasteiger charge is -2.22. The van der Waals surface area contributed by atoms with Crippen molar-refractivity contribution in [3.8, 4) is 5.75 Å². The average Bonchev–Trinajstić information content (AvgIpc) is 2.63. The fraction of sp³-hybridized carbons (Fsp3) is 0.316. The molecule has 0 radical (unpaired) electrons. The fourth-order valence-electron chi connectivity index (χ4n) is 2.34. The summed E-state index contributed by atoms with van der Waals surface area (Å²) >= 11 is 0. The number of para-hydroxylation sites is 1. The molecule has 0 aliphatic heterocycles. The molecule has 2 rings (SSSR count). The summed E-state index contributed by atoms with van der Waals surface area (Å²) in [6.45, 7) is 1.78. The zero-order chi connectivity index (χ0) is 19.0. The topological polar surface area (TPSA) is 71.0 Å². The van der Waals surface area contributed by atoms with Crippen LogP contribution in [0.3, 0.4) is 0 Å². The summed E-state index contributed by atoms with van der Waals surface area (Å²) in [4.78, 5) is 6.57. The lowest BCUT2D eigenvalue weighted by molar-refractivity contribution is 0.281. The van der Waals surface area contributed by atoms with Crippen molar-refractivity contribution in [3.63, 3.8) is 0 Å². The van der Waals surface area contributed by atoms with Gasteiger partial charge in [0, 0.05) is 26.9 Å². The largest absolute Gasteiger partial charge is 0.492 e. The Kier molecular flexibility index (Phi) is 7.03. The number of hydrogen-bond donors (Lipinski definition) is 1. The van der Waals surface area contributed by atoms with Crippen molar-refractivity contribution in [2.45, 2.75) is 11.4 Å². The monoisotopic (exact) mass is 375 g/mol. The van der Waals surface area contributed by atoms with Crippen LogP contribution in [0.1, 0.15) is 5.56 Å². The first-order chi connectivity index (χ1) is 12.4.